The van der Waals surface area contributed by atoms with Gasteiger partial charge in [0.15, 0.2) is 5.13 Å². The Morgan fingerprint density at radius 3 is 3.11 bits per heavy atom. The van der Waals surface area contributed by atoms with E-state index in [4.69, 9.17) is 4.74 Å². The first-order valence-corrected chi connectivity index (χ1v) is 7.30. The number of fused-ring (bicyclic) bond motifs is 1. The molecular weight excluding hydrogens is 263 g/mol. The minimum atomic E-state index is -0.213. The van der Waals surface area contributed by atoms with Crippen molar-refractivity contribution in [3.63, 3.8) is 0 Å². The average Bonchev–Trinajstić information content (AvgIpc) is 2.68. The van der Waals surface area contributed by atoms with Gasteiger partial charge in [-0.1, -0.05) is 11.3 Å². The minimum Gasteiger partial charge on any atom is -0.375 e. The second-order valence-corrected chi connectivity index (χ2v) is 6.60. The first-order valence-electron chi connectivity index (χ1n) is 6.48. The van der Waals surface area contributed by atoms with Crippen molar-refractivity contribution in [2.75, 3.05) is 11.9 Å². The summed E-state index contributed by atoms with van der Waals surface area (Å²) in [5.41, 5.74) is 0.763. The quantitative estimate of drug-likeness (QED) is 0.908. The standard InChI is InChI=1S/C14H17FN2OS/c1-14(2)8-10(5-6-18-14)16-13-17-11-4-3-9(15)7-12(11)19-13/h3-4,7,10H,5-6,8H2,1-2H3,(H,16,17). The summed E-state index contributed by atoms with van der Waals surface area (Å²) in [4.78, 5) is 4.50. The lowest BCUT2D eigenvalue weighted by atomic mass is 9.94. The molecule has 1 aromatic carbocycles. The lowest BCUT2D eigenvalue weighted by molar-refractivity contribution is -0.0553. The highest BCUT2D eigenvalue weighted by atomic mass is 32.1. The van der Waals surface area contributed by atoms with Gasteiger partial charge in [-0.3, -0.25) is 0 Å². The maximum absolute atomic E-state index is 13.1. The third kappa shape index (κ3) is 2.87. The van der Waals surface area contributed by atoms with Crippen molar-refractivity contribution < 1.29 is 9.13 Å². The summed E-state index contributed by atoms with van der Waals surface area (Å²) in [6, 6.07) is 5.07. The van der Waals surface area contributed by atoms with Gasteiger partial charge in [0.2, 0.25) is 0 Å². The van der Waals surface area contributed by atoms with Gasteiger partial charge in [-0.05, 0) is 44.9 Å². The van der Waals surface area contributed by atoms with Crippen molar-refractivity contribution in [1.29, 1.82) is 0 Å². The van der Waals surface area contributed by atoms with E-state index in [0.717, 1.165) is 34.8 Å². The van der Waals surface area contributed by atoms with Crippen LogP contribution in [0.15, 0.2) is 18.2 Å². The van der Waals surface area contributed by atoms with E-state index >= 15 is 0 Å². The van der Waals surface area contributed by atoms with Crippen molar-refractivity contribution in [3.05, 3.63) is 24.0 Å². The Morgan fingerprint density at radius 1 is 1.47 bits per heavy atom. The van der Waals surface area contributed by atoms with E-state index in [0.29, 0.717) is 6.04 Å². The van der Waals surface area contributed by atoms with Crippen LogP contribution in [0.25, 0.3) is 10.2 Å². The summed E-state index contributed by atoms with van der Waals surface area (Å²) < 4.78 is 19.7. The van der Waals surface area contributed by atoms with Crippen LogP contribution in [0, 0.1) is 5.82 Å². The van der Waals surface area contributed by atoms with Crippen molar-refractivity contribution in [2.24, 2.45) is 0 Å². The molecule has 19 heavy (non-hydrogen) atoms. The lowest BCUT2D eigenvalue weighted by Gasteiger charge is -2.35. The third-order valence-electron chi connectivity index (χ3n) is 3.38. The molecule has 0 radical (unpaired) electrons. The molecule has 0 amide bonds. The molecule has 5 heteroatoms. The Kier molecular flexibility index (Phi) is 3.19. The van der Waals surface area contributed by atoms with Gasteiger partial charge in [0.1, 0.15) is 5.82 Å². The fourth-order valence-corrected chi connectivity index (χ4v) is 3.46. The lowest BCUT2D eigenvalue weighted by Crippen LogP contribution is -2.40. The predicted molar refractivity (Wildman–Crippen MR) is 76.3 cm³/mol. The fourth-order valence-electron chi connectivity index (χ4n) is 2.49. The van der Waals surface area contributed by atoms with Crippen LogP contribution in [0.2, 0.25) is 0 Å². The molecule has 1 aromatic heterocycles. The maximum Gasteiger partial charge on any atom is 0.184 e. The first kappa shape index (κ1) is 12.8. The number of ether oxygens (including phenoxy) is 1. The molecule has 1 fully saturated rings. The van der Waals surface area contributed by atoms with Gasteiger partial charge < -0.3 is 10.1 Å². The minimum absolute atomic E-state index is 0.0846. The van der Waals surface area contributed by atoms with Gasteiger partial charge in [-0.15, -0.1) is 0 Å². The molecular formula is C14H17FN2OS. The number of nitrogens with zero attached hydrogens (tertiary/aromatic N) is 1. The number of anilines is 1. The second kappa shape index (κ2) is 4.72. The summed E-state index contributed by atoms with van der Waals surface area (Å²) in [5, 5.41) is 4.31. The summed E-state index contributed by atoms with van der Waals surface area (Å²) >= 11 is 1.50. The van der Waals surface area contributed by atoms with E-state index in [1.165, 1.54) is 23.5 Å². The molecule has 1 saturated heterocycles. The molecule has 0 saturated carbocycles. The Hall–Kier alpha value is -1.20. The Labute approximate surface area is 115 Å². The molecule has 3 rings (SSSR count). The highest BCUT2D eigenvalue weighted by molar-refractivity contribution is 7.22. The number of hydrogen-bond acceptors (Lipinski definition) is 4. The Bertz CT molecular complexity index is 596. The summed E-state index contributed by atoms with van der Waals surface area (Å²) in [6.07, 6.45) is 1.94. The van der Waals surface area contributed by atoms with E-state index in [-0.39, 0.29) is 11.4 Å². The highest BCUT2D eigenvalue weighted by Gasteiger charge is 2.29. The summed E-state index contributed by atoms with van der Waals surface area (Å²) in [5.74, 6) is -0.213. The zero-order valence-electron chi connectivity index (χ0n) is 11.1. The van der Waals surface area contributed by atoms with Crippen molar-refractivity contribution in [3.8, 4) is 0 Å². The van der Waals surface area contributed by atoms with Crippen LogP contribution in [0.5, 0.6) is 0 Å². The molecule has 3 nitrogen and oxygen atoms in total. The monoisotopic (exact) mass is 280 g/mol. The number of hydrogen-bond donors (Lipinski definition) is 1. The van der Waals surface area contributed by atoms with Crippen molar-refractivity contribution in [1.82, 2.24) is 4.98 Å². The number of rotatable bonds is 2. The van der Waals surface area contributed by atoms with Gasteiger partial charge in [0.25, 0.3) is 0 Å². The smallest absolute Gasteiger partial charge is 0.184 e. The van der Waals surface area contributed by atoms with E-state index < -0.39 is 0 Å². The van der Waals surface area contributed by atoms with Crippen LogP contribution in [-0.2, 0) is 4.74 Å². The number of thiazole rings is 1. The number of halogens is 1. The molecule has 0 bridgehead atoms. The Morgan fingerprint density at radius 2 is 2.32 bits per heavy atom. The highest BCUT2D eigenvalue weighted by Crippen LogP contribution is 2.30. The third-order valence-corrected chi connectivity index (χ3v) is 4.32. The molecule has 2 aromatic rings. The molecule has 102 valence electrons. The van der Waals surface area contributed by atoms with Crippen LogP contribution >= 0.6 is 11.3 Å². The van der Waals surface area contributed by atoms with Crippen LogP contribution in [0.1, 0.15) is 26.7 Å². The molecule has 0 spiro atoms. The molecule has 0 aliphatic carbocycles. The predicted octanol–water partition coefficient (Wildman–Crippen LogP) is 3.80. The molecule has 1 aliphatic heterocycles. The van der Waals surface area contributed by atoms with Gasteiger partial charge in [0.05, 0.1) is 15.8 Å². The van der Waals surface area contributed by atoms with Gasteiger partial charge in [-0.25, -0.2) is 9.37 Å². The number of benzene rings is 1. The van der Waals surface area contributed by atoms with Crippen LogP contribution in [0.3, 0.4) is 0 Å². The zero-order valence-corrected chi connectivity index (χ0v) is 11.9. The van der Waals surface area contributed by atoms with Crippen LogP contribution in [-0.4, -0.2) is 23.2 Å². The topological polar surface area (TPSA) is 34.2 Å². The molecule has 2 heterocycles. The zero-order chi connectivity index (χ0) is 13.5. The van der Waals surface area contributed by atoms with Crippen LogP contribution < -0.4 is 5.32 Å². The Balaban J connectivity index is 1.77. The van der Waals surface area contributed by atoms with Crippen molar-refractivity contribution in [2.45, 2.75) is 38.3 Å². The fraction of sp³-hybridized carbons (Fsp3) is 0.500. The van der Waals surface area contributed by atoms with Crippen LogP contribution in [0.4, 0.5) is 9.52 Å². The normalized spacial score (nSPS) is 22.6. The first-order chi connectivity index (χ1) is 9.02. The largest absolute Gasteiger partial charge is 0.375 e. The van der Waals surface area contributed by atoms with Gasteiger partial charge >= 0.3 is 0 Å². The summed E-state index contributed by atoms with van der Waals surface area (Å²) in [6.45, 7) is 4.98. The molecule has 1 N–H and O–H groups in total. The van der Waals surface area contributed by atoms with E-state index in [1.54, 1.807) is 6.07 Å². The number of nitrogens with one attached hydrogen (secondary N) is 1. The van der Waals surface area contributed by atoms with Gasteiger partial charge in [-0.2, -0.15) is 0 Å². The van der Waals surface area contributed by atoms with E-state index in [9.17, 15) is 4.39 Å². The average molecular weight is 280 g/mol. The summed E-state index contributed by atoms with van der Waals surface area (Å²) in [7, 11) is 0. The molecule has 1 unspecified atom stereocenters. The second-order valence-electron chi connectivity index (χ2n) is 5.57. The SMILES string of the molecule is CC1(C)CC(Nc2nc3ccc(F)cc3s2)CCO1. The van der Waals surface area contributed by atoms with Gasteiger partial charge in [0, 0.05) is 12.6 Å². The van der Waals surface area contributed by atoms with Crippen molar-refractivity contribution >= 4 is 26.7 Å². The molecule has 1 aliphatic rings. The van der Waals surface area contributed by atoms with E-state index in [1.807, 2.05) is 0 Å². The molecule has 1 atom stereocenters. The number of aromatic nitrogens is 1. The maximum atomic E-state index is 13.1. The van der Waals surface area contributed by atoms with E-state index in [2.05, 4.69) is 24.1 Å².